The number of thiophene rings is 1. The van der Waals surface area contributed by atoms with Gasteiger partial charge in [0.1, 0.15) is 0 Å². The standard InChI is InChI=1S/C13H21NS2/c15-9-3-1-2-8-14(12-6-7-12)11-13-5-4-10-16-13/h4-5,10,12,15H,1-3,6-9,11H2. The Hall–Kier alpha value is 0.01000. The molecule has 0 unspecified atom stereocenters. The normalized spacial score (nSPS) is 15.9. The molecule has 0 aliphatic heterocycles. The van der Waals surface area contributed by atoms with Gasteiger partial charge in [0.15, 0.2) is 0 Å². The molecule has 0 atom stereocenters. The Kier molecular flexibility index (Phi) is 5.20. The van der Waals surface area contributed by atoms with Gasteiger partial charge in [-0.05, 0) is 49.4 Å². The lowest BCUT2D eigenvalue weighted by Crippen LogP contribution is -2.26. The van der Waals surface area contributed by atoms with Crippen LogP contribution in [0.1, 0.15) is 37.0 Å². The maximum absolute atomic E-state index is 4.26. The molecule has 0 saturated heterocycles. The zero-order chi connectivity index (χ0) is 11.2. The number of hydrogen-bond donors (Lipinski definition) is 1. The van der Waals surface area contributed by atoms with Gasteiger partial charge in [0.25, 0.3) is 0 Å². The Morgan fingerprint density at radius 1 is 1.31 bits per heavy atom. The average Bonchev–Trinajstić information content (AvgIpc) is 3.02. The Morgan fingerprint density at radius 3 is 2.81 bits per heavy atom. The second-order valence-electron chi connectivity index (χ2n) is 4.57. The van der Waals surface area contributed by atoms with Crippen LogP contribution in [0.3, 0.4) is 0 Å². The smallest absolute Gasteiger partial charge is 0.0330 e. The summed E-state index contributed by atoms with van der Waals surface area (Å²) in [5, 5.41) is 2.18. The minimum atomic E-state index is 0.887. The SMILES string of the molecule is SCCCCCN(Cc1cccs1)C1CC1. The van der Waals surface area contributed by atoms with Crippen molar-refractivity contribution in [3.05, 3.63) is 22.4 Å². The monoisotopic (exact) mass is 255 g/mol. The maximum atomic E-state index is 4.26. The van der Waals surface area contributed by atoms with E-state index in [2.05, 4.69) is 35.0 Å². The van der Waals surface area contributed by atoms with Crippen LogP contribution in [0.2, 0.25) is 0 Å². The molecule has 1 aliphatic rings. The third kappa shape index (κ3) is 4.11. The highest BCUT2D eigenvalue weighted by Crippen LogP contribution is 2.29. The molecule has 1 heterocycles. The lowest BCUT2D eigenvalue weighted by molar-refractivity contribution is 0.251. The van der Waals surface area contributed by atoms with Gasteiger partial charge in [0, 0.05) is 17.5 Å². The van der Waals surface area contributed by atoms with Crippen LogP contribution in [-0.2, 0) is 6.54 Å². The summed E-state index contributed by atoms with van der Waals surface area (Å²) < 4.78 is 0. The molecule has 1 aromatic rings. The highest BCUT2D eigenvalue weighted by atomic mass is 32.1. The van der Waals surface area contributed by atoms with Crippen molar-refractivity contribution in [2.45, 2.75) is 44.7 Å². The summed E-state index contributed by atoms with van der Waals surface area (Å²) in [6.07, 6.45) is 6.76. The van der Waals surface area contributed by atoms with E-state index in [0.717, 1.165) is 11.8 Å². The quantitative estimate of drug-likeness (QED) is 0.546. The average molecular weight is 255 g/mol. The third-order valence-electron chi connectivity index (χ3n) is 3.11. The first-order valence-electron chi connectivity index (χ1n) is 6.27. The number of hydrogen-bond acceptors (Lipinski definition) is 3. The first-order valence-corrected chi connectivity index (χ1v) is 7.78. The van der Waals surface area contributed by atoms with E-state index in [1.54, 1.807) is 0 Å². The van der Waals surface area contributed by atoms with Crippen LogP contribution in [0.4, 0.5) is 0 Å². The molecule has 1 saturated carbocycles. The molecule has 0 aromatic carbocycles. The molecule has 0 N–H and O–H groups in total. The van der Waals surface area contributed by atoms with Crippen LogP contribution in [0, 0.1) is 0 Å². The summed E-state index contributed by atoms with van der Waals surface area (Å²) in [7, 11) is 0. The largest absolute Gasteiger partial charge is 0.295 e. The lowest BCUT2D eigenvalue weighted by atomic mass is 10.2. The Bertz CT molecular complexity index is 280. The van der Waals surface area contributed by atoms with Crippen LogP contribution < -0.4 is 0 Å². The van der Waals surface area contributed by atoms with E-state index in [0.29, 0.717) is 0 Å². The van der Waals surface area contributed by atoms with E-state index in [1.165, 1.54) is 50.1 Å². The molecule has 1 aliphatic carbocycles. The van der Waals surface area contributed by atoms with Crippen molar-refractivity contribution in [3.8, 4) is 0 Å². The zero-order valence-electron chi connectivity index (χ0n) is 9.77. The van der Waals surface area contributed by atoms with Gasteiger partial charge in [-0.2, -0.15) is 12.6 Å². The molecule has 16 heavy (non-hydrogen) atoms. The highest BCUT2D eigenvalue weighted by Gasteiger charge is 2.28. The molecule has 3 heteroatoms. The molecule has 0 spiro atoms. The van der Waals surface area contributed by atoms with Crippen molar-refractivity contribution >= 4 is 24.0 Å². The van der Waals surface area contributed by atoms with Gasteiger partial charge in [-0.15, -0.1) is 11.3 Å². The summed E-state index contributed by atoms with van der Waals surface area (Å²) in [6.45, 7) is 2.44. The summed E-state index contributed by atoms with van der Waals surface area (Å²) in [5.74, 6) is 1.04. The second kappa shape index (κ2) is 6.67. The molecule has 1 nitrogen and oxygen atoms in total. The molecule has 90 valence electrons. The maximum Gasteiger partial charge on any atom is 0.0330 e. The van der Waals surface area contributed by atoms with Gasteiger partial charge < -0.3 is 0 Å². The minimum absolute atomic E-state index is 0.887. The van der Waals surface area contributed by atoms with Gasteiger partial charge in [0.05, 0.1) is 0 Å². The van der Waals surface area contributed by atoms with E-state index >= 15 is 0 Å². The first-order chi connectivity index (χ1) is 7.90. The van der Waals surface area contributed by atoms with Gasteiger partial charge in [-0.25, -0.2) is 0 Å². The van der Waals surface area contributed by atoms with Crippen molar-refractivity contribution in [2.24, 2.45) is 0 Å². The Balaban J connectivity index is 1.72. The van der Waals surface area contributed by atoms with Crippen molar-refractivity contribution in [1.29, 1.82) is 0 Å². The number of unbranched alkanes of at least 4 members (excludes halogenated alkanes) is 2. The van der Waals surface area contributed by atoms with Gasteiger partial charge in [-0.3, -0.25) is 4.90 Å². The summed E-state index contributed by atoms with van der Waals surface area (Å²) in [6, 6.07) is 5.30. The van der Waals surface area contributed by atoms with Crippen LogP contribution in [0.25, 0.3) is 0 Å². The van der Waals surface area contributed by atoms with E-state index in [-0.39, 0.29) is 0 Å². The van der Waals surface area contributed by atoms with Crippen LogP contribution in [-0.4, -0.2) is 23.2 Å². The number of rotatable bonds is 8. The highest BCUT2D eigenvalue weighted by molar-refractivity contribution is 7.80. The van der Waals surface area contributed by atoms with E-state index < -0.39 is 0 Å². The van der Waals surface area contributed by atoms with Gasteiger partial charge in [0.2, 0.25) is 0 Å². The molecular formula is C13H21NS2. The molecule has 1 fully saturated rings. The van der Waals surface area contributed by atoms with E-state index in [4.69, 9.17) is 0 Å². The van der Waals surface area contributed by atoms with Crippen molar-refractivity contribution in [1.82, 2.24) is 4.90 Å². The van der Waals surface area contributed by atoms with E-state index in [9.17, 15) is 0 Å². The molecule has 1 aromatic heterocycles. The minimum Gasteiger partial charge on any atom is -0.295 e. The molecular weight excluding hydrogens is 234 g/mol. The molecule has 2 rings (SSSR count). The predicted molar refractivity (Wildman–Crippen MR) is 75.5 cm³/mol. The second-order valence-corrected chi connectivity index (χ2v) is 6.04. The topological polar surface area (TPSA) is 3.24 Å². The first kappa shape index (κ1) is 12.5. The van der Waals surface area contributed by atoms with Crippen molar-refractivity contribution < 1.29 is 0 Å². The van der Waals surface area contributed by atoms with Gasteiger partial charge >= 0.3 is 0 Å². The van der Waals surface area contributed by atoms with E-state index in [1.807, 2.05) is 11.3 Å². The Morgan fingerprint density at radius 2 is 2.19 bits per heavy atom. The lowest BCUT2D eigenvalue weighted by Gasteiger charge is -2.21. The van der Waals surface area contributed by atoms with Crippen molar-refractivity contribution in [2.75, 3.05) is 12.3 Å². The molecule has 0 radical (unpaired) electrons. The number of nitrogens with zero attached hydrogens (tertiary/aromatic N) is 1. The zero-order valence-corrected chi connectivity index (χ0v) is 11.5. The predicted octanol–water partition coefficient (Wildman–Crippen LogP) is 3.81. The number of thiol groups is 1. The summed E-state index contributed by atoms with van der Waals surface area (Å²) >= 11 is 6.14. The fraction of sp³-hybridized carbons (Fsp3) is 0.692. The molecule has 0 amide bonds. The Labute approximate surface area is 108 Å². The van der Waals surface area contributed by atoms with Crippen LogP contribution in [0.5, 0.6) is 0 Å². The van der Waals surface area contributed by atoms with Crippen LogP contribution >= 0.6 is 24.0 Å². The summed E-state index contributed by atoms with van der Waals surface area (Å²) in [5.41, 5.74) is 0. The van der Waals surface area contributed by atoms with Crippen LogP contribution in [0.15, 0.2) is 17.5 Å². The van der Waals surface area contributed by atoms with Crippen molar-refractivity contribution in [3.63, 3.8) is 0 Å². The molecule has 0 bridgehead atoms. The van der Waals surface area contributed by atoms with Gasteiger partial charge in [-0.1, -0.05) is 12.5 Å². The fourth-order valence-electron chi connectivity index (χ4n) is 2.04. The third-order valence-corrected chi connectivity index (χ3v) is 4.28. The fourth-order valence-corrected chi connectivity index (χ4v) is 2.99. The summed E-state index contributed by atoms with van der Waals surface area (Å²) in [4.78, 5) is 4.19.